The van der Waals surface area contributed by atoms with Crippen molar-refractivity contribution in [3.8, 4) is 0 Å². The predicted octanol–water partition coefficient (Wildman–Crippen LogP) is 2.44. The molecule has 1 amide bonds. The molecule has 4 saturated carbocycles. The Hall–Kier alpha value is -0.690. The van der Waals surface area contributed by atoms with Gasteiger partial charge >= 0.3 is 0 Å². The minimum atomic E-state index is -0.371. The van der Waals surface area contributed by atoms with Crippen LogP contribution < -0.4 is 11.1 Å². The molecule has 6 nitrogen and oxygen atoms in total. The third kappa shape index (κ3) is 3.93. The van der Waals surface area contributed by atoms with Crippen LogP contribution in [0.4, 0.5) is 0 Å². The first-order chi connectivity index (χ1) is 15.1. The zero-order chi connectivity index (χ0) is 23.3. The third-order valence-corrected chi connectivity index (χ3v) is 10.8. The smallest absolute Gasteiger partial charge is 0.220 e. The van der Waals surface area contributed by atoms with E-state index in [9.17, 15) is 20.1 Å². The molecule has 1 unspecified atom stereocenters. The van der Waals surface area contributed by atoms with Gasteiger partial charge in [0.05, 0.1) is 18.3 Å². The van der Waals surface area contributed by atoms with Crippen LogP contribution in [-0.4, -0.2) is 52.6 Å². The lowest BCUT2D eigenvalue weighted by molar-refractivity contribution is -0.207. The highest BCUT2D eigenvalue weighted by Crippen LogP contribution is 2.68. The molecule has 4 aliphatic rings. The summed E-state index contributed by atoms with van der Waals surface area (Å²) in [5.41, 5.74) is 5.39. The summed E-state index contributed by atoms with van der Waals surface area (Å²) in [6.07, 6.45) is 6.70. The predicted molar refractivity (Wildman–Crippen MR) is 124 cm³/mol. The zero-order valence-corrected chi connectivity index (χ0v) is 20.3. The van der Waals surface area contributed by atoms with E-state index < -0.39 is 0 Å². The fraction of sp³-hybridized carbons (Fsp3) is 0.962. The van der Waals surface area contributed by atoms with Gasteiger partial charge in [-0.1, -0.05) is 20.8 Å². The monoisotopic (exact) mass is 450 g/mol. The van der Waals surface area contributed by atoms with Crippen molar-refractivity contribution in [3.63, 3.8) is 0 Å². The largest absolute Gasteiger partial charge is 0.393 e. The highest BCUT2D eigenvalue weighted by atomic mass is 16.3. The molecule has 0 heterocycles. The molecular weight excluding hydrogens is 404 g/mol. The van der Waals surface area contributed by atoms with Crippen molar-refractivity contribution in [1.82, 2.24) is 5.32 Å². The van der Waals surface area contributed by atoms with Crippen LogP contribution in [0, 0.1) is 46.3 Å². The van der Waals surface area contributed by atoms with Crippen LogP contribution in [-0.2, 0) is 4.79 Å². The summed E-state index contributed by atoms with van der Waals surface area (Å²) >= 11 is 0. The van der Waals surface area contributed by atoms with Crippen molar-refractivity contribution < 1.29 is 20.1 Å². The molecule has 0 aliphatic heterocycles. The zero-order valence-electron chi connectivity index (χ0n) is 20.3. The van der Waals surface area contributed by atoms with Crippen molar-refractivity contribution in [3.05, 3.63) is 0 Å². The Kier molecular flexibility index (Phi) is 7.00. The topological polar surface area (TPSA) is 116 Å². The van der Waals surface area contributed by atoms with Crippen LogP contribution in [0.5, 0.6) is 0 Å². The molecule has 0 bridgehead atoms. The Morgan fingerprint density at radius 1 is 1.09 bits per heavy atom. The number of hydrogen-bond acceptors (Lipinski definition) is 5. The summed E-state index contributed by atoms with van der Waals surface area (Å²) in [6.45, 7) is 7.86. The molecule has 0 aromatic heterocycles. The molecule has 6 heteroatoms. The molecule has 0 spiro atoms. The van der Waals surface area contributed by atoms with Crippen molar-refractivity contribution in [1.29, 1.82) is 0 Å². The minimum absolute atomic E-state index is 0.0624. The Balaban J connectivity index is 1.51. The van der Waals surface area contributed by atoms with E-state index in [1.807, 2.05) is 0 Å². The molecule has 0 aromatic carbocycles. The number of amides is 1. The average molecular weight is 451 g/mol. The van der Waals surface area contributed by atoms with Gasteiger partial charge in [-0.2, -0.15) is 0 Å². The first-order valence-corrected chi connectivity index (χ1v) is 13.1. The second-order valence-corrected chi connectivity index (χ2v) is 12.2. The molecule has 184 valence electrons. The average Bonchev–Trinajstić information content (AvgIpc) is 3.11. The van der Waals surface area contributed by atoms with Gasteiger partial charge in [0.1, 0.15) is 0 Å². The van der Waals surface area contributed by atoms with E-state index in [2.05, 4.69) is 26.1 Å². The molecule has 4 rings (SSSR count). The Morgan fingerprint density at radius 3 is 2.56 bits per heavy atom. The van der Waals surface area contributed by atoms with Crippen molar-refractivity contribution in [2.75, 3.05) is 13.1 Å². The van der Waals surface area contributed by atoms with E-state index in [4.69, 9.17) is 5.73 Å². The third-order valence-electron chi connectivity index (χ3n) is 10.8. The second kappa shape index (κ2) is 9.16. The Morgan fingerprint density at radius 2 is 1.84 bits per heavy atom. The molecular formula is C26H46N2O4. The number of carbonyl (C=O) groups is 1. The molecule has 0 radical (unpaired) electrons. The van der Waals surface area contributed by atoms with Gasteiger partial charge in [-0.15, -0.1) is 0 Å². The van der Waals surface area contributed by atoms with Gasteiger partial charge in [-0.25, -0.2) is 0 Å². The van der Waals surface area contributed by atoms with Gasteiger partial charge in [0.25, 0.3) is 0 Å². The number of aliphatic hydroxyl groups is 3. The van der Waals surface area contributed by atoms with Crippen molar-refractivity contribution in [2.45, 2.75) is 96.9 Å². The van der Waals surface area contributed by atoms with Crippen LogP contribution in [0.15, 0.2) is 0 Å². The van der Waals surface area contributed by atoms with Gasteiger partial charge in [-0.05, 0) is 97.7 Å². The quantitative estimate of drug-likeness (QED) is 0.426. The van der Waals surface area contributed by atoms with Crippen LogP contribution >= 0.6 is 0 Å². The molecule has 6 N–H and O–H groups in total. The number of hydrogen-bond donors (Lipinski definition) is 5. The van der Waals surface area contributed by atoms with Crippen LogP contribution in [0.25, 0.3) is 0 Å². The van der Waals surface area contributed by atoms with Crippen molar-refractivity contribution >= 4 is 5.91 Å². The lowest BCUT2D eigenvalue weighted by atomic mass is 9.43. The summed E-state index contributed by atoms with van der Waals surface area (Å²) in [4.78, 5) is 12.1. The first-order valence-electron chi connectivity index (χ1n) is 13.1. The Bertz CT molecular complexity index is 689. The van der Waals surface area contributed by atoms with Crippen LogP contribution in [0.2, 0.25) is 0 Å². The molecule has 4 fully saturated rings. The van der Waals surface area contributed by atoms with Gasteiger partial charge in [-0.3, -0.25) is 4.79 Å². The second-order valence-electron chi connectivity index (χ2n) is 12.2. The molecule has 4 aliphatic carbocycles. The summed E-state index contributed by atoms with van der Waals surface area (Å²) in [5.74, 6) is 2.03. The van der Waals surface area contributed by atoms with Crippen LogP contribution in [0.1, 0.15) is 78.6 Å². The summed E-state index contributed by atoms with van der Waals surface area (Å²) in [7, 11) is 0. The maximum atomic E-state index is 12.1. The normalized spacial score (nSPS) is 49.0. The number of fused-ring (bicyclic) bond motifs is 5. The lowest BCUT2D eigenvalue weighted by Gasteiger charge is -2.63. The van der Waals surface area contributed by atoms with E-state index in [-0.39, 0.29) is 41.0 Å². The summed E-state index contributed by atoms with van der Waals surface area (Å²) in [5, 5.41) is 36.1. The summed E-state index contributed by atoms with van der Waals surface area (Å²) in [6, 6.07) is 0. The molecule has 0 saturated heterocycles. The van der Waals surface area contributed by atoms with Gasteiger partial charge in [0.2, 0.25) is 5.91 Å². The maximum Gasteiger partial charge on any atom is 0.220 e. The van der Waals surface area contributed by atoms with Gasteiger partial charge in [0.15, 0.2) is 0 Å². The maximum absolute atomic E-state index is 12.1. The number of carbonyl (C=O) groups excluding carboxylic acids is 1. The SMILES string of the molecule is C[C@H](CCC(=O)NCCN)C1CC[C@H]2[C@@H]3[C@H](O)C[C@@H]4C[C@H](O)CC[C@]4(C)[C@H]3C[C@H](O)[C@]12C. The fourth-order valence-electron chi connectivity index (χ4n) is 8.99. The number of nitrogens with two attached hydrogens (primary N) is 1. The van der Waals surface area contributed by atoms with Crippen LogP contribution in [0.3, 0.4) is 0 Å². The number of aliphatic hydroxyl groups excluding tert-OH is 3. The molecule has 11 atom stereocenters. The Labute approximate surface area is 193 Å². The standard InChI is InChI=1S/C26H46N2O4/c1-15(4-7-23(32)28-11-10-27)18-5-6-19-24-20(14-22(31)26(18,19)3)25(2)9-8-17(29)12-16(25)13-21(24)30/h15-22,24,29-31H,4-14,27H2,1-3H3,(H,28,32)/t15-,16+,17-,18?,19+,20+,21-,22+,24+,25+,26-/m1/s1. The van der Waals surface area contributed by atoms with E-state index in [1.54, 1.807) is 0 Å². The highest BCUT2D eigenvalue weighted by Gasteiger charge is 2.65. The molecule has 0 aromatic rings. The van der Waals surface area contributed by atoms with E-state index in [1.165, 1.54) is 0 Å². The van der Waals surface area contributed by atoms with E-state index in [0.717, 1.165) is 51.4 Å². The number of nitrogens with one attached hydrogen (secondary N) is 1. The molecule has 32 heavy (non-hydrogen) atoms. The van der Waals surface area contributed by atoms with Crippen molar-refractivity contribution in [2.24, 2.45) is 52.1 Å². The van der Waals surface area contributed by atoms with Gasteiger partial charge < -0.3 is 26.4 Å². The lowest BCUT2D eigenvalue weighted by Crippen LogP contribution is -2.62. The number of rotatable bonds is 6. The highest BCUT2D eigenvalue weighted by molar-refractivity contribution is 5.75. The van der Waals surface area contributed by atoms with E-state index >= 15 is 0 Å². The first kappa shape index (κ1) is 24.4. The summed E-state index contributed by atoms with van der Waals surface area (Å²) < 4.78 is 0. The minimum Gasteiger partial charge on any atom is -0.393 e. The fourth-order valence-corrected chi connectivity index (χ4v) is 8.99. The van der Waals surface area contributed by atoms with E-state index in [0.29, 0.717) is 49.1 Å². The van der Waals surface area contributed by atoms with Gasteiger partial charge in [0, 0.05) is 19.5 Å².